The van der Waals surface area contributed by atoms with Crippen molar-refractivity contribution in [1.82, 2.24) is 0 Å². The third kappa shape index (κ3) is 8.82. The number of rotatable bonds is 1. The van der Waals surface area contributed by atoms with Gasteiger partial charge < -0.3 is 0 Å². The van der Waals surface area contributed by atoms with E-state index in [1.165, 1.54) is 0 Å². The summed E-state index contributed by atoms with van der Waals surface area (Å²) < 4.78 is -0.356. The van der Waals surface area contributed by atoms with Crippen molar-refractivity contribution in [1.29, 1.82) is 0 Å². The molecule has 0 fully saturated rings. The average Bonchev–Trinajstić information content (AvgIpc) is 1.38. The second-order valence-electron chi connectivity index (χ2n) is 0.478. The van der Waals surface area contributed by atoms with Crippen LogP contribution >= 0.6 is 0 Å². The standard InChI is InChI=1S/C3H3O.Li.Ni/c1-2-3-4;;/h2H,1H2;;. The molecule has 0 aliphatic heterocycles. The van der Waals surface area contributed by atoms with Crippen LogP contribution in [0.4, 0.5) is 0 Å². The van der Waals surface area contributed by atoms with Crippen LogP contribution in [0, 0.1) is 0 Å². The number of carbonyl (C=O) groups excluding carboxylic acids is 1. The maximum Gasteiger partial charge on any atom is 0 e. The molecule has 0 aromatic rings. The minimum Gasteiger partial charge on any atom is 0 e. The van der Waals surface area contributed by atoms with Gasteiger partial charge in [-0.2, -0.15) is 0 Å². The summed E-state index contributed by atoms with van der Waals surface area (Å²) in [6.07, 6.45) is 1.11. The topological polar surface area (TPSA) is 17.1 Å². The molecule has 0 saturated carbocycles. The van der Waals surface area contributed by atoms with Gasteiger partial charge in [0.05, 0.1) is 0 Å². The zero-order chi connectivity index (χ0) is 4.28. The molecule has 0 aromatic heterocycles. The van der Waals surface area contributed by atoms with Gasteiger partial charge in [0.25, 0.3) is 0 Å². The van der Waals surface area contributed by atoms with Crippen LogP contribution in [-0.2, 0) is 20.3 Å². The van der Waals surface area contributed by atoms with Gasteiger partial charge in [0.15, 0.2) is 0 Å². The molecule has 0 spiro atoms. The maximum atomic E-state index is 9.53. The first-order valence-corrected chi connectivity index (χ1v) is 1.55. The summed E-state index contributed by atoms with van der Waals surface area (Å²) in [5.74, 6) is 0. The van der Waals surface area contributed by atoms with E-state index in [4.69, 9.17) is 0 Å². The molecule has 3 heteroatoms. The van der Waals surface area contributed by atoms with Crippen LogP contribution in [0.3, 0.4) is 0 Å². The number of carbonyl (C=O) groups is 1. The fraction of sp³-hybridized carbons (Fsp3) is 0. The quantitative estimate of drug-likeness (QED) is 0.348. The Labute approximate surface area is 56.7 Å². The second-order valence-corrected chi connectivity index (χ2v) is 0.965. The van der Waals surface area contributed by atoms with E-state index in [9.17, 15) is 4.79 Å². The Kier molecular flexibility index (Phi) is 8.90. The van der Waals surface area contributed by atoms with Gasteiger partial charge >= 0.3 is 37.7 Å². The molecular formula is C3H3LiNiO. The van der Waals surface area contributed by atoms with Crippen molar-refractivity contribution in [3.63, 3.8) is 0 Å². The van der Waals surface area contributed by atoms with E-state index in [2.05, 4.69) is 22.0 Å². The zero-order valence-corrected chi connectivity index (χ0v) is 4.50. The fourth-order valence-corrected chi connectivity index (χ4v) is 0. The molecule has 0 rings (SSSR count). The van der Waals surface area contributed by atoms with Crippen LogP contribution in [0.15, 0.2) is 12.7 Å². The Morgan fingerprint density at radius 1 is 1.83 bits per heavy atom. The minimum absolute atomic E-state index is 0. The third-order valence-electron chi connectivity index (χ3n) is 0.148. The normalized spacial score (nSPS) is 5.67. The predicted octanol–water partition coefficient (Wildman–Crippen LogP) is -0.135. The van der Waals surface area contributed by atoms with Crippen LogP contribution in [0.1, 0.15) is 0 Å². The van der Waals surface area contributed by atoms with E-state index in [0.29, 0.717) is 0 Å². The molecule has 0 saturated heterocycles. The molecule has 0 atom stereocenters. The van der Waals surface area contributed by atoms with Crippen LogP contribution in [0.25, 0.3) is 0 Å². The summed E-state index contributed by atoms with van der Waals surface area (Å²) in [4.78, 5) is 9.53. The molecule has 0 aliphatic carbocycles. The van der Waals surface area contributed by atoms with Gasteiger partial charge in [0.1, 0.15) is 0 Å². The molecule has 1 radical (unpaired) electrons. The van der Waals surface area contributed by atoms with Crippen molar-refractivity contribution in [3.8, 4) is 0 Å². The minimum atomic E-state index is -0.356. The number of hydrogen-bond acceptors (Lipinski definition) is 1. The van der Waals surface area contributed by atoms with Crippen LogP contribution in [-0.4, -0.2) is 23.6 Å². The molecule has 0 N–H and O–H groups in total. The fourth-order valence-electron chi connectivity index (χ4n) is 0. The molecule has 32 valence electrons. The van der Waals surface area contributed by atoms with Crippen molar-refractivity contribution in [3.05, 3.63) is 12.7 Å². The van der Waals surface area contributed by atoms with Gasteiger partial charge in [-0.3, -0.25) is 0 Å². The van der Waals surface area contributed by atoms with Gasteiger partial charge in [0, 0.05) is 18.9 Å². The Morgan fingerprint density at radius 2 is 2.00 bits per heavy atom. The van der Waals surface area contributed by atoms with Gasteiger partial charge in [-0.15, -0.1) is 0 Å². The zero-order valence-electron chi connectivity index (χ0n) is 3.51. The predicted molar refractivity (Wildman–Crippen MR) is 21.0 cm³/mol. The van der Waals surface area contributed by atoms with Gasteiger partial charge in [0.2, 0.25) is 0 Å². The first-order chi connectivity index (χ1) is 2.27. The SMILES string of the molecule is C=C[C](=O)[Ni].[Li]. The average molecular weight is 121 g/mol. The molecule has 0 unspecified atom stereocenters. The third-order valence-corrected chi connectivity index (χ3v) is 0.349. The van der Waals surface area contributed by atoms with Crippen molar-refractivity contribution in [2.75, 3.05) is 0 Å². The first-order valence-electron chi connectivity index (χ1n) is 1.06. The largest absolute Gasteiger partial charge is 0 e. The molecular weight excluding hydrogens is 118 g/mol. The summed E-state index contributed by atoms with van der Waals surface area (Å²) in [5, 5.41) is 0. The van der Waals surface area contributed by atoms with E-state index < -0.39 is 0 Å². The summed E-state index contributed by atoms with van der Waals surface area (Å²) in [6.45, 7) is 3.12. The van der Waals surface area contributed by atoms with Crippen molar-refractivity contribution >= 4 is 23.6 Å². The molecule has 1 nitrogen and oxygen atoms in total. The summed E-state index contributed by atoms with van der Waals surface area (Å²) in [6, 6.07) is 0. The van der Waals surface area contributed by atoms with Crippen LogP contribution in [0.5, 0.6) is 0 Å². The van der Waals surface area contributed by atoms with Crippen molar-refractivity contribution < 1.29 is 20.3 Å². The van der Waals surface area contributed by atoms with Gasteiger partial charge in [-0.1, -0.05) is 0 Å². The summed E-state index contributed by atoms with van der Waals surface area (Å²) in [7, 11) is 0. The maximum absolute atomic E-state index is 9.53. The molecule has 0 heterocycles. The van der Waals surface area contributed by atoms with Crippen LogP contribution in [0.2, 0.25) is 0 Å². The number of allylic oxidation sites excluding steroid dienone is 1. The van der Waals surface area contributed by atoms with E-state index in [0.717, 1.165) is 6.08 Å². The van der Waals surface area contributed by atoms with Crippen molar-refractivity contribution in [2.24, 2.45) is 0 Å². The first kappa shape index (κ1) is 9.71. The Balaban J connectivity index is 0. The molecule has 0 aliphatic rings. The summed E-state index contributed by atoms with van der Waals surface area (Å²) in [5.41, 5.74) is 0. The molecule has 0 amide bonds. The Bertz CT molecular complexity index is 61.8. The molecule has 0 bridgehead atoms. The molecule has 6 heavy (non-hydrogen) atoms. The van der Waals surface area contributed by atoms with E-state index in [1.807, 2.05) is 0 Å². The van der Waals surface area contributed by atoms with Crippen molar-refractivity contribution in [2.45, 2.75) is 0 Å². The summed E-state index contributed by atoms with van der Waals surface area (Å²) >= 11 is 3.77. The Morgan fingerprint density at radius 3 is 2.00 bits per heavy atom. The molecule has 0 aromatic carbocycles. The number of hydrogen-bond donors (Lipinski definition) is 0. The Hall–Kier alpha value is 0.501. The van der Waals surface area contributed by atoms with Gasteiger partial charge in [-0.25, -0.2) is 0 Å². The van der Waals surface area contributed by atoms with E-state index in [-0.39, 0.29) is 23.6 Å². The van der Waals surface area contributed by atoms with E-state index in [1.54, 1.807) is 0 Å². The van der Waals surface area contributed by atoms with Gasteiger partial charge in [-0.05, 0) is 0 Å². The van der Waals surface area contributed by atoms with Crippen LogP contribution < -0.4 is 0 Å². The van der Waals surface area contributed by atoms with E-state index >= 15 is 0 Å². The second kappa shape index (κ2) is 5.50. The smallest absolute Gasteiger partial charge is 0 e. The monoisotopic (exact) mass is 120 g/mol.